The van der Waals surface area contributed by atoms with Gasteiger partial charge in [0.15, 0.2) is 6.10 Å². The maximum absolute atomic E-state index is 11.9. The van der Waals surface area contributed by atoms with Gasteiger partial charge in [-0.1, -0.05) is 23.2 Å². The molecular weight excluding hydrogens is 327 g/mol. The third-order valence-electron chi connectivity index (χ3n) is 2.80. The lowest BCUT2D eigenvalue weighted by atomic mass is 10.3. The lowest BCUT2D eigenvalue weighted by Crippen LogP contribution is -2.33. The van der Waals surface area contributed by atoms with Gasteiger partial charge in [0.1, 0.15) is 5.75 Å². The van der Waals surface area contributed by atoms with Gasteiger partial charge in [0, 0.05) is 24.3 Å². The molecule has 0 unspecified atom stereocenters. The number of carbonyl (C=O) groups excluding carboxylic acids is 1. The van der Waals surface area contributed by atoms with Gasteiger partial charge in [-0.15, -0.1) is 0 Å². The first-order valence-electron chi connectivity index (χ1n) is 6.40. The Morgan fingerprint density at radius 1 is 1.45 bits per heavy atom. The lowest BCUT2D eigenvalue weighted by molar-refractivity contribution is -0.127. The lowest BCUT2D eigenvalue weighted by Gasteiger charge is -2.14. The van der Waals surface area contributed by atoms with Crippen LogP contribution in [-0.2, 0) is 11.8 Å². The third-order valence-corrected chi connectivity index (χ3v) is 3.34. The molecule has 1 aromatic heterocycles. The van der Waals surface area contributed by atoms with Crippen LogP contribution in [0.5, 0.6) is 5.75 Å². The van der Waals surface area contributed by atoms with Crippen LogP contribution in [0.2, 0.25) is 10.0 Å². The molecule has 0 aliphatic rings. The summed E-state index contributed by atoms with van der Waals surface area (Å²) in [6.07, 6.45) is 2.35. The maximum Gasteiger partial charge on any atom is 0.280 e. The van der Waals surface area contributed by atoms with E-state index in [-0.39, 0.29) is 0 Å². The Kier molecular flexibility index (Phi) is 5.41. The van der Waals surface area contributed by atoms with Crippen LogP contribution in [0.1, 0.15) is 12.6 Å². The first-order valence-corrected chi connectivity index (χ1v) is 7.15. The fourth-order valence-corrected chi connectivity index (χ4v) is 1.90. The van der Waals surface area contributed by atoms with E-state index in [0.29, 0.717) is 15.8 Å². The third kappa shape index (κ3) is 4.22. The van der Waals surface area contributed by atoms with Gasteiger partial charge < -0.3 is 4.74 Å². The summed E-state index contributed by atoms with van der Waals surface area (Å²) in [6.45, 7) is 1.59. The van der Waals surface area contributed by atoms with Crippen LogP contribution in [0.25, 0.3) is 0 Å². The summed E-state index contributed by atoms with van der Waals surface area (Å²) >= 11 is 11.8. The Labute approximate surface area is 137 Å². The van der Waals surface area contributed by atoms with Gasteiger partial charge in [-0.05, 0) is 25.1 Å². The molecule has 1 atom stereocenters. The van der Waals surface area contributed by atoms with E-state index in [2.05, 4.69) is 15.6 Å². The molecule has 2 aromatic rings. The number of ether oxygens (including phenoxy) is 1. The van der Waals surface area contributed by atoms with Crippen molar-refractivity contribution in [3.05, 3.63) is 46.2 Å². The summed E-state index contributed by atoms with van der Waals surface area (Å²) < 4.78 is 7.11. The average molecular weight is 341 g/mol. The summed E-state index contributed by atoms with van der Waals surface area (Å²) in [5, 5.41) is 8.69. The number of nitrogens with one attached hydrogen (secondary N) is 1. The summed E-state index contributed by atoms with van der Waals surface area (Å²) in [5.41, 5.74) is 3.15. The molecule has 1 aromatic carbocycles. The smallest absolute Gasteiger partial charge is 0.280 e. The molecule has 0 saturated heterocycles. The second-order valence-corrected chi connectivity index (χ2v) is 5.29. The Morgan fingerprint density at radius 3 is 2.91 bits per heavy atom. The molecule has 0 saturated carbocycles. The van der Waals surface area contributed by atoms with Crippen LogP contribution in [-0.4, -0.2) is 28.0 Å². The van der Waals surface area contributed by atoms with Crippen molar-refractivity contribution in [3.8, 4) is 5.75 Å². The van der Waals surface area contributed by atoms with Crippen LogP contribution < -0.4 is 10.2 Å². The second kappa shape index (κ2) is 7.29. The molecule has 1 N–H and O–H groups in total. The van der Waals surface area contributed by atoms with E-state index in [4.69, 9.17) is 27.9 Å². The van der Waals surface area contributed by atoms with Crippen molar-refractivity contribution in [2.75, 3.05) is 0 Å². The molecule has 2 rings (SSSR count). The van der Waals surface area contributed by atoms with E-state index in [1.54, 1.807) is 49.1 Å². The standard InChI is InChI=1S/C14H14Cl2N4O2/c1-9(22-13-7-10(15)3-4-12(13)16)14(21)19-17-8-11-5-6-18-20(11)2/h3-9H,1-2H3,(H,19,21)/t9-/m1/s1. The van der Waals surface area contributed by atoms with E-state index >= 15 is 0 Å². The second-order valence-electron chi connectivity index (χ2n) is 4.45. The highest BCUT2D eigenvalue weighted by atomic mass is 35.5. The predicted octanol–water partition coefficient (Wildman–Crippen LogP) is 2.64. The number of nitrogens with zero attached hydrogens (tertiary/aromatic N) is 3. The molecule has 22 heavy (non-hydrogen) atoms. The first-order chi connectivity index (χ1) is 10.5. The number of aryl methyl sites for hydroxylation is 1. The minimum absolute atomic E-state index is 0.340. The van der Waals surface area contributed by atoms with Gasteiger partial charge in [0.25, 0.3) is 5.91 Å². The van der Waals surface area contributed by atoms with Crippen LogP contribution >= 0.6 is 23.2 Å². The van der Waals surface area contributed by atoms with Crippen molar-refractivity contribution in [2.45, 2.75) is 13.0 Å². The zero-order valence-electron chi connectivity index (χ0n) is 12.0. The Hall–Kier alpha value is -2.05. The van der Waals surface area contributed by atoms with E-state index in [9.17, 15) is 4.79 Å². The molecule has 1 amide bonds. The van der Waals surface area contributed by atoms with Gasteiger partial charge in [-0.25, -0.2) is 5.43 Å². The Balaban J connectivity index is 1.93. The van der Waals surface area contributed by atoms with Crippen LogP contribution in [0, 0.1) is 0 Å². The van der Waals surface area contributed by atoms with E-state index in [1.807, 2.05) is 0 Å². The van der Waals surface area contributed by atoms with Crippen LogP contribution in [0.15, 0.2) is 35.6 Å². The molecule has 116 valence electrons. The number of amides is 1. The highest BCUT2D eigenvalue weighted by Gasteiger charge is 2.15. The number of aromatic nitrogens is 2. The van der Waals surface area contributed by atoms with Gasteiger partial charge in [-0.3, -0.25) is 9.48 Å². The molecule has 0 spiro atoms. The molecule has 6 nitrogen and oxygen atoms in total. The number of benzene rings is 1. The highest BCUT2D eigenvalue weighted by molar-refractivity contribution is 6.34. The quantitative estimate of drug-likeness (QED) is 0.671. The topological polar surface area (TPSA) is 68.5 Å². The molecule has 0 bridgehead atoms. The Bertz CT molecular complexity index is 700. The van der Waals surface area contributed by atoms with Gasteiger partial charge in [-0.2, -0.15) is 10.2 Å². The molecule has 0 fully saturated rings. The zero-order valence-corrected chi connectivity index (χ0v) is 13.5. The molecule has 0 aliphatic heterocycles. The molecule has 0 aliphatic carbocycles. The monoisotopic (exact) mass is 340 g/mol. The van der Waals surface area contributed by atoms with Crippen molar-refractivity contribution >= 4 is 35.3 Å². The molecule has 8 heteroatoms. The van der Waals surface area contributed by atoms with Crippen molar-refractivity contribution in [2.24, 2.45) is 12.1 Å². The SMILES string of the molecule is C[C@@H](Oc1cc(Cl)ccc1Cl)C(=O)NN=Cc1ccnn1C. The maximum atomic E-state index is 11.9. The van der Waals surface area contributed by atoms with Gasteiger partial charge in [0.05, 0.1) is 16.9 Å². The average Bonchev–Trinajstić information content (AvgIpc) is 2.88. The normalized spacial score (nSPS) is 12.4. The fraction of sp³-hybridized carbons (Fsp3) is 0.214. The summed E-state index contributed by atoms with van der Waals surface area (Å²) in [7, 11) is 1.77. The number of hydrogen-bond acceptors (Lipinski definition) is 4. The zero-order chi connectivity index (χ0) is 16.1. The van der Waals surface area contributed by atoms with E-state index < -0.39 is 12.0 Å². The number of hydrazone groups is 1. The summed E-state index contributed by atoms with van der Waals surface area (Å²) in [5.74, 6) is -0.0677. The number of rotatable bonds is 5. The van der Waals surface area contributed by atoms with Gasteiger partial charge in [0.2, 0.25) is 0 Å². The van der Waals surface area contributed by atoms with Gasteiger partial charge >= 0.3 is 0 Å². The number of carbonyl (C=O) groups is 1. The minimum Gasteiger partial charge on any atom is -0.479 e. The van der Waals surface area contributed by atoms with Crippen molar-refractivity contribution in [1.82, 2.24) is 15.2 Å². The summed E-state index contributed by atoms with van der Waals surface area (Å²) in [6, 6.07) is 6.55. The highest BCUT2D eigenvalue weighted by Crippen LogP contribution is 2.28. The molecule has 0 radical (unpaired) electrons. The van der Waals surface area contributed by atoms with E-state index in [0.717, 1.165) is 5.69 Å². The van der Waals surface area contributed by atoms with Crippen LogP contribution in [0.3, 0.4) is 0 Å². The largest absolute Gasteiger partial charge is 0.479 e. The molecule has 1 heterocycles. The molecular formula is C14H14Cl2N4O2. The van der Waals surface area contributed by atoms with Crippen molar-refractivity contribution in [1.29, 1.82) is 0 Å². The van der Waals surface area contributed by atoms with Crippen LogP contribution in [0.4, 0.5) is 0 Å². The Morgan fingerprint density at radius 2 is 2.23 bits per heavy atom. The fourth-order valence-electron chi connectivity index (χ4n) is 1.58. The minimum atomic E-state index is -0.778. The first kappa shape index (κ1) is 16.3. The number of halogens is 2. The van der Waals surface area contributed by atoms with Crippen molar-refractivity contribution in [3.63, 3.8) is 0 Å². The number of hydrogen-bond donors (Lipinski definition) is 1. The summed E-state index contributed by atoms with van der Waals surface area (Å²) in [4.78, 5) is 11.9. The predicted molar refractivity (Wildman–Crippen MR) is 85.5 cm³/mol. The van der Waals surface area contributed by atoms with E-state index in [1.165, 1.54) is 6.21 Å². The van der Waals surface area contributed by atoms with Crippen molar-refractivity contribution < 1.29 is 9.53 Å².